The van der Waals surface area contributed by atoms with Crippen LogP contribution in [0.1, 0.15) is 18.5 Å². The molecule has 1 fully saturated rings. The van der Waals surface area contributed by atoms with Crippen LogP contribution in [0.15, 0.2) is 53.4 Å². The maximum absolute atomic E-state index is 14.1. The Balaban J connectivity index is 1.29. The van der Waals surface area contributed by atoms with E-state index in [1.165, 1.54) is 38.5 Å². The molecule has 0 radical (unpaired) electrons. The highest BCUT2D eigenvalue weighted by atomic mass is 35.5. The fourth-order valence-electron chi connectivity index (χ4n) is 4.07. The van der Waals surface area contributed by atoms with Crippen molar-refractivity contribution in [3.05, 3.63) is 65.1 Å². The summed E-state index contributed by atoms with van der Waals surface area (Å²) in [4.78, 5) is 17.6. The number of para-hydroxylation sites is 1. The lowest BCUT2D eigenvalue weighted by Crippen LogP contribution is -2.41. The summed E-state index contributed by atoms with van der Waals surface area (Å²) >= 11 is 7.14. The van der Waals surface area contributed by atoms with Gasteiger partial charge in [-0.25, -0.2) is 17.8 Å². The van der Waals surface area contributed by atoms with E-state index in [4.69, 9.17) is 11.6 Å². The van der Waals surface area contributed by atoms with Crippen molar-refractivity contribution in [1.82, 2.24) is 19.1 Å². The number of nitrogens with one attached hydrogen (secondary N) is 1. The average molecular weight is 534 g/mol. The van der Waals surface area contributed by atoms with Gasteiger partial charge in [0.15, 0.2) is 0 Å². The molecule has 0 bridgehead atoms. The molecular weight excluding hydrogens is 513 g/mol. The van der Waals surface area contributed by atoms with Gasteiger partial charge in [-0.15, -0.1) is 0 Å². The van der Waals surface area contributed by atoms with Gasteiger partial charge >= 0.3 is 0 Å². The van der Waals surface area contributed by atoms with Crippen molar-refractivity contribution in [3.63, 3.8) is 0 Å². The van der Waals surface area contributed by atoms with Crippen LogP contribution < -0.4 is 5.32 Å². The predicted octanol–water partition coefficient (Wildman–Crippen LogP) is 4.62. The largest absolute Gasteiger partial charge is 0.310 e. The van der Waals surface area contributed by atoms with Gasteiger partial charge in [0, 0.05) is 30.1 Å². The lowest BCUT2D eigenvalue weighted by molar-refractivity contribution is -0.120. The predicted molar refractivity (Wildman–Crippen MR) is 133 cm³/mol. The third-order valence-corrected chi connectivity index (χ3v) is 9.06. The summed E-state index contributed by atoms with van der Waals surface area (Å²) in [5, 5.41) is 8.23. The number of aryl methyl sites for hydroxylation is 1. The van der Waals surface area contributed by atoms with Crippen LogP contribution in [-0.4, -0.2) is 46.5 Å². The van der Waals surface area contributed by atoms with Crippen molar-refractivity contribution in [1.29, 1.82) is 0 Å². The Morgan fingerprint density at radius 3 is 2.57 bits per heavy atom. The van der Waals surface area contributed by atoms with Gasteiger partial charge in [-0.2, -0.15) is 14.1 Å². The minimum atomic E-state index is -3.65. The second-order valence-corrected chi connectivity index (χ2v) is 11.7. The quantitative estimate of drug-likeness (QED) is 0.403. The molecule has 3 heterocycles. The molecule has 5 rings (SSSR count). The van der Waals surface area contributed by atoms with Crippen molar-refractivity contribution in [2.24, 2.45) is 5.92 Å². The second kappa shape index (κ2) is 9.30. The minimum Gasteiger partial charge on any atom is -0.310 e. The van der Waals surface area contributed by atoms with E-state index in [1.54, 1.807) is 37.3 Å². The summed E-state index contributed by atoms with van der Waals surface area (Å²) in [6.07, 6.45) is 0.774. The van der Waals surface area contributed by atoms with Gasteiger partial charge in [-0.05, 0) is 56.2 Å². The number of carbonyl (C=O) groups excluding carboxylic acids is 1. The fraction of sp³-hybridized carbons (Fsp3) is 0.261. The molecule has 0 saturated carbocycles. The summed E-state index contributed by atoms with van der Waals surface area (Å²) in [5.74, 6) is -0.562. The molecular formula is C23H21ClFN5O3S2. The van der Waals surface area contributed by atoms with E-state index < -0.39 is 15.8 Å². The number of thiazole rings is 1. The zero-order chi connectivity index (χ0) is 24.7. The molecule has 12 heteroatoms. The number of benzene rings is 2. The molecule has 182 valence electrons. The smallest absolute Gasteiger partial charge is 0.243 e. The average Bonchev–Trinajstić information content (AvgIpc) is 3.43. The molecule has 35 heavy (non-hydrogen) atoms. The molecule has 0 atom stereocenters. The Morgan fingerprint density at radius 2 is 1.89 bits per heavy atom. The molecule has 1 amide bonds. The number of amides is 1. The topological polar surface area (TPSA) is 97.2 Å². The highest BCUT2D eigenvalue weighted by molar-refractivity contribution is 7.89. The van der Waals surface area contributed by atoms with Crippen LogP contribution in [0.5, 0.6) is 0 Å². The molecule has 1 saturated heterocycles. The number of aromatic nitrogens is 3. The van der Waals surface area contributed by atoms with Crippen molar-refractivity contribution in [2.75, 3.05) is 18.4 Å². The van der Waals surface area contributed by atoms with Crippen LogP contribution in [0.3, 0.4) is 0 Å². The standard InChI is InChI=1S/C23H21ClFN5O3S2/c1-14-13-20(30(28-14)23-27-21-18(25)3-2-4-19(21)34-23)26-22(31)15-9-11-29(12-10-15)35(32,33)17-7-5-16(24)6-8-17/h2-8,13,15H,9-12H2,1H3,(H,26,31). The Labute approximate surface area is 210 Å². The van der Waals surface area contributed by atoms with Crippen molar-refractivity contribution in [3.8, 4) is 5.13 Å². The molecule has 1 aliphatic rings. The number of sulfonamides is 1. The van der Waals surface area contributed by atoms with Crippen molar-refractivity contribution < 1.29 is 17.6 Å². The van der Waals surface area contributed by atoms with Crippen LogP contribution in [0.25, 0.3) is 15.3 Å². The van der Waals surface area contributed by atoms with Crippen LogP contribution >= 0.6 is 22.9 Å². The SMILES string of the molecule is Cc1cc(NC(=O)C2CCN(S(=O)(=O)c3ccc(Cl)cc3)CC2)n(-c2nc3c(F)cccc3s2)n1. The first-order chi connectivity index (χ1) is 16.7. The summed E-state index contributed by atoms with van der Waals surface area (Å²) in [6, 6.07) is 12.5. The van der Waals surface area contributed by atoms with E-state index in [1.807, 2.05) is 0 Å². The number of anilines is 1. The van der Waals surface area contributed by atoms with Gasteiger partial charge in [-0.3, -0.25) is 4.79 Å². The fourth-order valence-corrected chi connectivity index (χ4v) is 6.61. The van der Waals surface area contributed by atoms with Crippen LogP contribution in [0.4, 0.5) is 10.2 Å². The maximum Gasteiger partial charge on any atom is 0.243 e. The summed E-state index contributed by atoms with van der Waals surface area (Å²) in [6.45, 7) is 2.26. The van der Waals surface area contributed by atoms with Crippen molar-refractivity contribution >= 4 is 54.9 Å². The Kier molecular flexibility index (Phi) is 6.34. The lowest BCUT2D eigenvalue weighted by atomic mass is 9.97. The Morgan fingerprint density at radius 1 is 1.17 bits per heavy atom. The normalized spacial score (nSPS) is 15.5. The van der Waals surface area contributed by atoms with Gasteiger partial charge in [0.1, 0.15) is 17.2 Å². The number of nitrogens with zero attached hydrogens (tertiary/aromatic N) is 4. The van der Waals surface area contributed by atoms with Crippen LogP contribution in [0.2, 0.25) is 5.02 Å². The zero-order valence-corrected chi connectivity index (χ0v) is 21.0. The number of hydrogen-bond acceptors (Lipinski definition) is 6. The number of carbonyl (C=O) groups is 1. The van der Waals surface area contributed by atoms with Crippen LogP contribution in [-0.2, 0) is 14.8 Å². The first-order valence-corrected chi connectivity index (χ1v) is 13.5. The maximum atomic E-state index is 14.1. The lowest BCUT2D eigenvalue weighted by Gasteiger charge is -2.30. The monoisotopic (exact) mass is 533 g/mol. The highest BCUT2D eigenvalue weighted by Crippen LogP contribution is 2.30. The van der Waals surface area contributed by atoms with Gasteiger partial charge < -0.3 is 5.32 Å². The Hall–Kier alpha value is -2.86. The molecule has 0 aliphatic carbocycles. The van der Waals surface area contributed by atoms with Gasteiger partial charge in [0.25, 0.3) is 0 Å². The highest BCUT2D eigenvalue weighted by Gasteiger charge is 2.32. The van der Waals surface area contributed by atoms with Crippen LogP contribution in [0, 0.1) is 18.7 Å². The van der Waals surface area contributed by atoms with Crippen molar-refractivity contribution in [2.45, 2.75) is 24.7 Å². The minimum absolute atomic E-state index is 0.177. The van der Waals surface area contributed by atoms with E-state index >= 15 is 0 Å². The summed E-state index contributed by atoms with van der Waals surface area (Å²) in [7, 11) is -3.65. The third kappa shape index (κ3) is 4.68. The van der Waals surface area contributed by atoms with Gasteiger partial charge in [-0.1, -0.05) is 29.0 Å². The van der Waals surface area contributed by atoms with E-state index in [2.05, 4.69) is 15.4 Å². The number of hydrogen-bond donors (Lipinski definition) is 1. The third-order valence-electron chi connectivity index (χ3n) is 5.90. The number of halogens is 2. The van der Waals surface area contributed by atoms with Gasteiger partial charge in [0.05, 0.1) is 15.3 Å². The molecule has 2 aromatic carbocycles. The van der Waals surface area contributed by atoms with Gasteiger partial charge in [0.2, 0.25) is 21.1 Å². The summed E-state index contributed by atoms with van der Waals surface area (Å²) < 4.78 is 43.5. The summed E-state index contributed by atoms with van der Waals surface area (Å²) in [5.41, 5.74) is 0.927. The molecule has 0 unspecified atom stereocenters. The number of fused-ring (bicyclic) bond motifs is 1. The van der Waals surface area contributed by atoms with E-state index in [0.29, 0.717) is 39.2 Å². The van der Waals surface area contributed by atoms with E-state index in [0.717, 1.165) is 0 Å². The van der Waals surface area contributed by atoms with E-state index in [9.17, 15) is 17.6 Å². The molecule has 4 aromatic rings. The Bertz CT molecular complexity index is 1510. The molecule has 2 aromatic heterocycles. The number of rotatable bonds is 5. The first-order valence-electron chi connectivity index (χ1n) is 10.9. The first kappa shape index (κ1) is 23.9. The number of piperidine rings is 1. The zero-order valence-electron chi connectivity index (χ0n) is 18.6. The van der Waals surface area contributed by atoms with E-state index in [-0.39, 0.29) is 35.3 Å². The molecule has 8 nitrogen and oxygen atoms in total. The second-order valence-electron chi connectivity index (χ2n) is 8.29. The molecule has 1 aliphatic heterocycles. The molecule has 0 spiro atoms. The molecule has 1 N–H and O–H groups in total.